The van der Waals surface area contributed by atoms with Gasteiger partial charge in [-0.1, -0.05) is 19.3 Å². The van der Waals surface area contributed by atoms with Gasteiger partial charge >= 0.3 is 0 Å². The molecule has 8 nitrogen and oxygen atoms in total. The van der Waals surface area contributed by atoms with Crippen LogP contribution in [0, 0.1) is 23.7 Å². The minimum absolute atomic E-state index is 0.0942. The highest BCUT2D eigenvalue weighted by molar-refractivity contribution is 5.88. The maximum atomic E-state index is 13.1. The van der Waals surface area contributed by atoms with E-state index < -0.39 is 5.60 Å². The number of carbonyl (C=O) groups is 3. The molecule has 5 fully saturated rings. The molecule has 34 heavy (non-hydrogen) atoms. The Morgan fingerprint density at radius 2 is 1.38 bits per heavy atom. The van der Waals surface area contributed by atoms with Gasteiger partial charge in [0, 0.05) is 44.1 Å². The number of rotatable bonds is 5. The van der Waals surface area contributed by atoms with Crippen LogP contribution in [-0.4, -0.2) is 75.5 Å². The van der Waals surface area contributed by atoms with Crippen LogP contribution in [0.25, 0.3) is 0 Å². The Morgan fingerprint density at radius 3 is 1.97 bits per heavy atom. The summed E-state index contributed by atoms with van der Waals surface area (Å²) in [6, 6.07) is 0.180. The lowest BCUT2D eigenvalue weighted by atomic mass is 9.69. The first kappa shape index (κ1) is 24.0. The van der Waals surface area contributed by atoms with Gasteiger partial charge in [0.1, 0.15) is 5.60 Å². The summed E-state index contributed by atoms with van der Waals surface area (Å²) in [5.74, 6) is 8.03. The Hall–Kier alpha value is -1.67. The van der Waals surface area contributed by atoms with Crippen molar-refractivity contribution >= 4 is 17.7 Å². The second-order valence-corrected chi connectivity index (χ2v) is 11.7. The van der Waals surface area contributed by atoms with Crippen molar-refractivity contribution in [2.45, 2.75) is 95.1 Å². The fourth-order valence-corrected chi connectivity index (χ4v) is 6.78. The van der Waals surface area contributed by atoms with E-state index in [1.54, 1.807) is 9.91 Å². The molecule has 190 valence electrons. The van der Waals surface area contributed by atoms with Gasteiger partial charge in [0.2, 0.25) is 11.8 Å². The first-order valence-electron chi connectivity index (χ1n) is 13.7. The molecule has 0 aromatic rings. The fraction of sp³-hybridized carbons (Fsp3) is 0.885. The maximum absolute atomic E-state index is 13.1. The summed E-state index contributed by atoms with van der Waals surface area (Å²) in [5.41, 5.74) is -1.12. The van der Waals surface area contributed by atoms with Crippen molar-refractivity contribution < 1.29 is 19.5 Å². The third-order valence-electron chi connectivity index (χ3n) is 9.58. The molecular formula is C26H42N4O4. The van der Waals surface area contributed by atoms with Crippen LogP contribution in [0.3, 0.4) is 0 Å². The lowest BCUT2D eigenvalue weighted by Gasteiger charge is -2.42. The van der Waals surface area contributed by atoms with Crippen LogP contribution in [0.1, 0.15) is 83.5 Å². The molecule has 5 rings (SSSR count). The maximum Gasteiger partial charge on any atom is 0.254 e. The zero-order valence-electron chi connectivity index (χ0n) is 20.5. The van der Waals surface area contributed by atoms with E-state index in [2.05, 4.69) is 0 Å². The highest BCUT2D eigenvalue weighted by Gasteiger charge is 2.50. The Balaban J connectivity index is 1.06. The fourth-order valence-electron chi connectivity index (χ4n) is 6.78. The minimum atomic E-state index is -1.12. The Labute approximate surface area is 203 Å². The summed E-state index contributed by atoms with van der Waals surface area (Å²) in [4.78, 5) is 41.8. The quantitative estimate of drug-likeness (QED) is 0.360. The second kappa shape index (κ2) is 9.76. The van der Waals surface area contributed by atoms with Crippen molar-refractivity contribution in [2.75, 3.05) is 26.2 Å². The zero-order valence-corrected chi connectivity index (χ0v) is 20.5. The SMILES string of the molecule is NN(C(=O)C1CCC1)C1CCCC(C2CCC(C(=O)N3CCN(C(=O)C4(O)CC4)CC3)CC2)C1. The first-order valence-corrected chi connectivity index (χ1v) is 13.7. The topological polar surface area (TPSA) is 107 Å². The van der Waals surface area contributed by atoms with Crippen molar-refractivity contribution in [1.29, 1.82) is 0 Å². The lowest BCUT2D eigenvalue weighted by Crippen LogP contribution is -2.54. The van der Waals surface area contributed by atoms with Crippen molar-refractivity contribution in [3.63, 3.8) is 0 Å². The number of nitrogens with zero attached hydrogens (tertiary/aromatic N) is 3. The average molecular weight is 475 g/mol. The minimum Gasteiger partial charge on any atom is -0.380 e. The summed E-state index contributed by atoms with van der Waals surface area (Å²) in [6.45, 7) is 2.21. The molecule has 1 saturated heterocycles. The smallest absolute Gasteiger partial charge is 0.254 e. The molecule has 1 heterocycles. The van der Waals surface area contributed by atoms with Crippen LogP contribution in [-0.2, 0) is 14.4 Å². The molecule has 0 bridgehead atoms. The van der Waals surface area contributed by atoms with E-state index in [-0.39, 0.29) is 35.6 Å². The Morgan fingerprint density at radius 1 is 0.765 bits per heavy atom. The van der Waals surface area contributed by atoms with Crippen LogP contribution < -0.4 is 5.84 Å². The third-order valence-corrected chi connectivity index (χ3v) is 9.58. The van der Waals surface area contributed by atoms with Crippen molar-refractivity contribution in [2.24, 2.45) is 29.5 Å². The Bertz CT molecular complexity index is 780. The van der Waals surface area contributed by atoms with Gasteiger partial charge in [-0.3, -0.25) is 19.4 Å². The van der Waals surface area contributed by atoms with Gasteiger partial charge in [0.05, 0.1) is 0 Å². The van der Waals surface area contributed by atoms with Crippen LogP contribution in [0.5, 0.6) is 0 Å². The van der Waals surface area contributed by atoms with Crippen molar-refractivity contribution in [1.82, 2.24) is 14.8 Å². The van der Waals surface area contributed by atoms with Crippen molar-refractivity contribution in [3.05, 3.63) is 0 Å². The average Bonchev–Trinajstić information content (AvgIpc) is 3.60. The molecule has 2 unspecified atom stereocenters. The van der Waals surface area contributed by atoms with Crippen molar-refractivity contribution in [3.8, 4) is 0 Å². The molecule has 3 amide bonds. The molecular weight excluding hydrogens is 432 g/mol. The summed E-state index contributed by atoms with van der Waals surface area (Å²) in [5, 5.41) is 11.7. The summed E-state index contributed by atoms with van der Waals surface area (Å²) >= 11 is 0. The van der Waals surface area contributed by atoms with Crippen LogP contribution in [0.2, 0.25) is 0 Å². The molecule has 2 atom stereocenters. The lowest BCUT2D eigenvalue weighted by molar-refractivity contribution is -0.148. The number of hydrogen-bond acceptors (Lipinski definition) is 5. The highest BCUT2D eigenvalue weighted by atomic mass is 16.3. The summed E-state index contributed by atoms with van der Waals surface area (Å²) < 4.78 is 0. The predicted octanol–water partition coefficient (Wildman–Crippen LogP) is 2.05. The third kappa shape index (κ3) is 4.85. The molecule has 8 heteroatoms. The van der Waals surface area contributed by atoms with Crippen LogP contribution in [0.15, 0.2) is 0 Å². The molecule has 4 aliphatic carbocycles. The van der Waals surface area contributed by atoms with E-state index in [1.807, 2.05) is 4.90 Å². The number of hydrazine groups is 1. The largest absolute Gasteiger partial charge is 0.380 e. The molecule has 3 N–H and O–H groups in total. The summed E-state index contributed by atoms with van der Waals surface area (Å²) in [7, 11) is 0. The zero-order chi connectivity index (χ0) is 23.9. The summed E-state index contributed by atoms with van der Waals surface area (Å²) in [6.07, 6.45) is 12.7. The van der Waals surface area contributed by atoms with Gasteiger partial charge in [0.15, 0.2) is 0 Å². The van der Waals surface area contributed by atoms with Gasteiger partial charge in [-0.25, -0.2) is 5.84 Å². The Kier molecular flexibility index (Phi) is 6.90. The normalized spacial score (nSPS) is 33.7. The van der Waals surface area contributed by atoms with E-state index in [0.29, 0.717) is 50.9 Å². The first-order chi connectivity index (χ1) is 16.4. The second-order valence-electron chi connectivity index (χ2n) is 11.7. The molecule has 5 aliphatic rings. The molecule has 0 radical (unpaired) electrons. The molecule has 1 aliphatic heterocycles. The van der Waals surface area contributed by atoms with Crippen LogP contribution in [0.4, 0.5) is 0 Å². The van der Waals surface area contributed by atoms with Gasteiger partial charge in [-0.2, -0.15) is 0 Å². The van der Waals surface area contributed by atoms with Gasteiger partial charge in [-0.05, 0) is 76.0 Å². The number of aliphatic hydroxyl groups is 1. The number of hydrogen-bond donors (Lipinski definition) is 2. The number of piperazine rings is 1. The van der Waals surface area contributed by atoms with E-state index in [4.69, 9.17) is 5.84 Å². The molecule has 0 aromatic carbocycles. The predicted molar refractivity (Wildman–Crippen MR) is 127 cm³/mol. The molecule has 4 saturated carbocycles. The molecule has 0 aromatic heterocycles. The van der Waals surface area contributed by atoms with E-state index in [0.717, 1.165) is 64.2 Å². The monoisotopic (exact) mass is 474 g/mol. The standard InChI is InChI=1S/C26H42N4O4/c27-30(24(32)19-3-1-4-19)22-6-2-5-21(17-22)18-7-9-20(10-8-18)23(31)28-13-15-29(16-14-28)25(33)26(34)11-12-26/h18-22,34H,1-17,27H2. The van der Waals surface area contributed by atoms with Gasteiger partial charge < -0.3 is 14.9 Å². The molecule has 0 spiro atoms. The van der Waals surface area contributed by atoms with E-state index in [9.17, 15) is 19.5 Å². The van der Waals surface area contributed by atoms with Gasteiger partial charge in [0.25, 0.3) is 5.91 Å². The van der Waals surface area contributed by atoms with Crippen LogP contribution >= 0.6 is 0 Å². The van der Waals surface area contributed by atoms with Gasteiger partial charge in [-0.15, -0.1) is 0 Å². The number of amides is 3. The number of nitrogens with two attached hydrogens (primary N) is 1. The van der Waals surface area contributed by atoms with E-state index >= 15 is 0 Å². The highest BCUT2D eigenvalue weighted by Crippen LogP contribution is 2.42. The van der Waals surface area contributed by atoms with E-state index in [1.165, 1.54) is 6.42 Å². The number of carbonyl (C=O) groups excluding carboxylic acids is 3.